The molecule has 2 aromatic rings. The molecule has 2 rings (SSSR count). The van der Waals surface area contributed by atoms with Crippen LogP contribution in [-0.4, -0.2) is 28.8 Å². The zero-order valence-corrected chi connectivity index (χ0v) is 12.3. The fourth-order valence-corrected chi connectivity index (χ4v) is 2.87. The number of ketones is 1. The average Bonchev–Trinajstić information content (AvgIpc) is 3.01. The molecule has 0 radical (unpaired) electrons. The van der Waals surface area contributed by atoms with Crippen molar-refractivity contribution in [2.24, 2.45) is 0 Å². The number of esters is 1. The van der Waals surface area contributed by atoms with Gasteiger partial charge in [-0.1, -0.05) is 22.7 Å². The SMILES string of the molecule is COC(=O)c1nc(NCc2csc(=O)[nH]2)sc1C(C)=O. The van der Waals surface area contributed by atoms with E-state index in [9.17, 15) is 14.4 Å². The maximum atomic E-state index is 11.5. The average molecular weight is 313 g/mol. The minimum atomic E-state index is -0.650. The van der Waals surface area contributed by atoms with Crippen molar-refractivity contribution in [3.05, 3.63) is 31.3 Å². The van der Waals surface area contributed by atoms with Crippen molar-refractivity contribution in [1.29, 1.82) is 0 Å². The van der Waals surface area contributed by atoms with Crippen molar-refractivity contribution in [3.63, 3.8) is 0 Å². The number of H-pyrrole nitrogens is 1. The second-order valence-corrected chi connectivity index (χ2v) is 5.61. The Labute approximate surface area is 121 Å². The third-order valence-corrected chi connectivity index (χ3v) is 4.16. The number of thiazole rings is 2. The van der Waals surface area contributed by atoms with Crippen molar-refractivity contribution in [2.75, 3.05) is 12.4 Å². The summed E-state index contributed by atoms with van der Waals surface area (Å²) in [6.07, 6.45) is 0. The molecule has 0 fully saturated rings. The number of methoxy groups -OCH3 is 1. The molecule has 0 unspecified atom stereocenters. The van der Waals surface area contributed by atoms with Gasteiger partial charge >= 0.3 is 10.8 Å². The van der Waals surface area contributed by atoms with Crippen LogP contribution in [0.2, 0.25) is 0 Å². The molecule has 0 atom stereocenters. The highest BCUT2D eigenvalue weighted by atomic mass is 32.1. The van der Waals surface area contributed by atoms with Gasteiger partial charge in [0, 0.05) is 18.0 Å². The van der Waals surface area contributed by atoms with E-state index in [2.05, 4.69) is 20.0 Å². The summed E-state index contributed by atoms with van der Waals surface area (Å²) < 4.78 is 4.59. The van der Waals surface area contributed by atoms with Gasteiger partial charge in [-0.2, -0.15) is 0 Å². The Hall–Kier alpha value is -2.00. The molecule has 2 heterocycles. The Morgan fingerprint density at radius 1 is 1.50 bits per heavy atom. The molecule has 0 saturated carbocycles. The van der Waals surface area contributed by atoms with Gasteiger partial charge in [0.15, 0.2) is 16.6 Å². The number of carbonyl (C=O) groups is 2. The van der Waals surface area contributed by atoms with Crippen molar-refractivity contribution < 1.29 is 14.3 Å². The lowest BCUT2D eigenvalue weighted by atomic mass is 10.3. The molecule has 2 aromatic heterocycles. The third kappa shape index (κ3) is 3.11. The van der Waals surface area contributed by atoms with Crippen LogP contribution in [0.15, 0.2) is 10.2 Å². The van der Waals surface area contributed by atoms with Crippen LogP contribution in [0.3, 0.4) is 0 Å². The lowest BCUT2D eigenvalue weighted by Crippen LogP contribution is -2.07. The Kier molecular flexibility index (Phi) is 4.30. The largest absolute Gasteiger partial charge is 0.464 e. The predicted octanol–water partition coefficient (Wildman–Crippen LogP) is 1.49. The van der Waals surface area contributed by atoms with Gasteiger partial charge < -0.3 is 15.0 Å². The third-order valence-electron chi connectivity index (χ3n) is 2.33. The molecule has 0 amide bonds. The first-order chi connectivity index (χ1) is 9.51. The molecule has 2 N–H and O–H groups in total. The summed E-state index contributed by atoms with van der Waals surface area (Å²) in [7, 11) is 1.23. The monoisotopic (exact) mass is 313 g/mol. The van der Waals surface area contributed by atoms with Gasteiger partial charge in [-0.05, 0) is 0 Å². The molecule has 7 nitrogen and oxygen atoms in total. The maximum absolute atomic E-state index is 11.5. The summed E-state index contributed by atoms with van der Waals surface area (Å²) in [5, 5.41) is 5.06. The van der Waals surface area contributed by atoms with E-state index in [4.69, 9.17) is 0 Å². The fourth-order valence-electron chi connectivity index (χ4n) is 1.44. The van der Waals surface area contributed by atoms with E-state index in [1.54, 1.807) is 5.38 Å². The molecule has 0 aliphatic rings. The van der Waals surface area contributed by atoms with Gasteiger partial charge in [-0.3, -0.25) is 9.59 Å². The molecular weight excluding hydrogens is 302 g/mol. The summed E-state index contributed by atoms with van der Waals surface area (Å²) >= 11 is 2.14. The second kappa shape index (κ2) is 5.97. The lowest BCUT2D eigenvalue weighted by molar-refractivity contribution is 0.0591. The minimum Gasteiger partial charge on any atom is -0.464 e. The topological polar surface area (TPSA) is 101 Å². The first-order valence-corrected chi connectivity index (χ1v) is 7.21. The summed E-state index contributed by atoms with van der Waals surface area (Å²) in [6.45, 7) is 1.71. The molecule has 20 heavy (non-hydrogen) atoms. The molecular formula is C11H11N3O4S2. The van der Waals surface area contributed by atoms with E-state index >= 15 is 0 Å². The molecule has 106 valence electrons. The summed E-state index contributed by atoms with van der Waals surface area (Å²) in [6, 6.07) is 0. The van der Waals surface area contributed by atoms with Crippen molar-refractivity contribution in [2.45, 2.75) is 13.5 Å². The van der Waals surface area contributed by atoms with Gasteiger partial charge in [0.25, 0.3) is 0 Å². The summed E-state index contributed by atoms with van der Waals surface area (Å²) in [5.74, 6) is -0.900. The van der Waals surface area contributed by atoms with Gasteiger partial charge in [0.05, 0.1) is 13.7 Å². The number of aromatic amines is 1. The molecule has 0 aromatic carbocycles. The Morgan fingerprint density at radius 2 is 2.25 bits per heavy atom. The van der Waals surface area contributed by atoms with Crippen LogP contribution >= 0.6 is 22.7 Å². The van der Waals surface area contributed by atoms with Crippen LogP contribution < -0.4 is 10.2 Å². The van der Waals surface area contributed by atoms with Gasteiger partial charge in [-0.25, -0.2) is 9.78 Å². The number of hydrogen-bond donors (Lipinski definition) is 2. The zero-order chi connectivity index (χ0) is 14.7. The molecule has 0 spiro atoms. The molecule has 0 saturated heterocycles. The van der Waals surface area contributed by atoms with Crippen LogP contribution in [0.5, 0.6) is 0 Å². The van der Waals surface area contributed by atoms with E-state index in [-0.39, 0.29) is 21.2 Å². The summed E-state index contributed by atoms with van der Waals surface area (Å²) in [5.41, 5.74) is 0.713. The number of nitrogens with one attached hydrogen (secondary N) is 2. The van der Waals surface area contributed by atoms with Crippen LogP contribution in [0.4, 0.5) is 5.13 Å². The number of carbonyl (C=O) groups excluding carboxylic acids is 2. The number of aromatic nitrogens is 2. The van der Waals surface area contributed by atoms with E-state index in [1.807, 2.05) is 0 Å². The number of ether oxygens (including phenoxy) is 1. The maximum Gasteiger partial charge on any atom is 0.358 e. The number of rotatable bonds is 5. The van der Waals surface area contributed by atoms with Crippen molar-refractivity contribution in [1.82, 2.24) is 9.97 Å². The Morgan fingerprint density at radius 3 is 2.80 bits per heavy atom. The van der Waals surface area contributed by atoms with Crippen LogP contribution in [0, 0.1) is 0 Å². The molecule has 9 heteroatoms. The standard InChI is InChI=1S/C11H11N3O4S2/c1-5(15)8-7(9(16)18-2)14-10(20-8)12-3-6-4-19-11(17)13-6/h4H,3H2,1-2H3,(H,12,14)(H,13,17). The highest BCUT2D eigenvalue weighted by Crippen LogP contribution is 2.24. The van der Waals surface area contributed by atoms with Gasteiger partial charge in [0.1, 0.15) is 4.88 Å². The van der Waals surface area contributed by atoms with Crippen molar-refractivity contribution in [3.8, 4) is 0 Å². The Balaban J connectivity index is 2.18. The fraction of sp³-hybridized carbons (Fsp3) is 0.273. The van der Waals surface area contributed by atoms with Gasteiger partial charge in [-0.15, -0.1) is 0 Å². The smallest absolute Gasteiger partial charge is 0.358 e. The van der Waals surface area contributed by atoms with E-state index in [1.165, 1.54) is 14.0 Å². The second-order valence-electron chi connectivity index (χ2n) is 3.77. The molecule has 0 aliphatic carbocycles. The van der Waals surface area contributed by atoms with Crippen molar-refractivity contribution >= 4 is 39.6 Å². The van der Waals surface area contributed by atoms with E-state index < -0.39 is 5.97 Å². The van der Waals surface area contributed by atoms with Gasteiger partial charge in [0.2, 0.25) is 0 Å². The lowest BCUT2D eigenvalue weighted by Gasteiger charge is -1.98. The van der Waals surface area contributed by atoms with E-state index in [0.29, 0.717) is 17.4 Å². The van der Waals surface area contributed by atoms with Crippen LogP contribution in [-0.2, 0) is 11.3 Å². The highest BCUT2D eigenvalue weighted by Gasteiger charge is 2.21. The number of Topliss-reactive ketones (excluding diaryl/α,β-unsaturated/α-hetero) is 1. The first-order valence-electron chi connectivity index (χ1n) is 5.52. The number of hydrogen-bond acceptors (Lipinski definition) is 8. The van der Waals surface area contributed by atoms with E-state index in [0.717, 1.165) is 22.7 Å². The Bertz CT molecular complexity index is 701. The number of anilines is 1. The molecule has 0 aliphatic heterocycles. The predicted molar refractivity (Wildman–Crippen MR) is 75.7 cm³/mol. The zero-order valence-electron chi connectivity index (χ0n) is 10.7. The minimum absolute atomic E-state index is 0.00584. The quantitative estimate of drug-likeness (QED) is 0.640. The van der Waals surface area contributed by atoms with Crippen LogP contribution in [0.1, 0.15) is 32.8 Å². The first kappa shape index (κ1) is 14.4. The normalized spacial score (nSPS) is 10.3. The number of nitrogens with zero attached hydrogens (tertiary/aromatic N) is 1. The summed E-state index contributed by atoms with van der Waals surface area (Å²) in [4.78, 5) is 40.8. The highest BCUT2D eigenvalue weighted by molar-refractivity contribution is 7.17. The molecule has 0 bridgehead atoms. The van der Waals surface area contributed by atoms with Crippen LogP contribution in [0.25, 0.3) is 0 Å².